The number of rotatable bonds is 9. The molecule has 3 nitrogen and oxygen atoms in total. The van der Waals surface area contributed by atoms with Crippen LogP contribution in [0.1, 0.15) is 89.8 Å². The summed E-state index contributed by atoms with van der Waals surface area (Å²) in [6.45, 7) is 13.2. The molecule has 0 saturated heterocycles. The van der Waals surface area contributed by atoms with E-state index in [1.54, 1.807) is 0 Å². The molecule has 2 aromatic carbocycles. The fourth-order valence-electron chi connectivity index (χ4n) is 5.49. The van der Waals surface area contributed by atoms with E-state index >= 15 is 0 Å². The van der Waals surface area contributed by atoms with Gasteiger partial charge in [0.15, 0.2) is 5.78 Å². The Kier molecular flexibility index (Phi) is 14.1. The van der Waals surface area contributed by atoms with Crippen molar-refractivity contribution >= 4 is 16.6 Å². The normalized spacial score (nSPS) is 12.9. The van der Waals surface area contributed by atoms with E-state index in [2.05, 4.69) is 75.1 Å². The number of aliphatic hydroxyl groups excluding tert-OH is 1. The summed E-state index contributed by atoms with van der Waals surface area (Å²) in [6, 6.07) is 16.5. The summed E-state index contributed by atoms with van der Waals surface area (Å²) in [5.41, 5.74) is 0.358. The predicted molar refractivity (Wildman–Crippen MR) is 163 cm³/mol. The fraction of sp³-hybridized carbons (Fsp3) is 0.486. The molecule has 45 heavy (non-hydrogen) atoms. The van der Waals surface area contributed by atoms with Gasteiger partial charge in [-0.3, -0.25) is 4.79 Å². The molecule has 0 aliphatic rings. The average molecular weight is 815 g/mol. The van der Waals surface area contributed by atoms with Gasteiger partial charge in [0.2, 0.25) is 0 Å². The van der Waals surface area contributed by atoms with Crippen LogP contribution < -0.4 is 0 Å². The molecule has 0 atom stereocenters. The Morgan fingerprint density at radius 3 is 1.84 bits per heavy atom. The third-order valence-corrected chi connectivity index (χ3v) is 8.59. The van der Waals surface area contributed by atoms with Crippen molar-refractivity contribution in [1.29, 1.82) is 0 Å². The number of ketones is 1. The number of carbonyl (C=O) groups is 1. The standard InChI is InChI=1S/C20H20N.C15H22F6O2.Ir/c1-13(2)16-5-6-19-17(12-16)7-8-21-20(19)18-10-14(3)9-15(4)11-18;1-5-12(6-2,14(16,17)18)10(22)9-11(23)13(7-3,8-4)15(19,20)21;/h5-10,12-13H,1-4H3;9,22H,5-8H2,1-4H3;/q-1;;/b;10-9-;. The molecule has 1 aromatic heterocycles. The molecule has 1 N–H and O–H groups in total. The number of nitrogens with zero attached hydrogens (tertiary/aromatic N) is 1. The van der Waals surface area contributed by atoms with Gasteiger partial charge < -0.3 is 10.1 Å². The van der Waals surface area contributed by atoms with Gasteiger partial charge in [0.1, 0.15) is 16.6 Å². The molecule has 0 spiro atoms. The molecule has 0 saturated carbocycles. The van der Waals surface area contributed by atoms with Gasteiger partial charge in [-0.1, -0.05) is 73.6 Å². The van der Waals surface area contributed by atoms with Crippen LogP contribution in [0.5, 0.6) is 0 Å². The zero-order valence-corrected chi connectivity index (χ0v) is 29.3. The molecular weight excluding hydrogens is 773 g/mol. The molecule has 10 heteroatoms. The van der Waals surface area contributed by atoms with E-state index in [1.165, 1.54) is 21.9 Å². The maximum Gasteiger partial charge on any atom is 0.401 e. The largest absolute Gasteiger partial charge is 0.511 e. The molecule has 0 bridgehead atoms. The molecule has 0 unspecified atom stereocenters. The molecule has 0 aliphatic carbocycles. The van der Waals surface area contributed by atoms with Crippen molar-refractivity contribution < 1.29 is 56.3 Å². The number of allylic oxidation sites excluding steroid dienone is 2. The summed E-state index contributed by atoms with van der Waals surface area (Å²) in [5.74, 6) is -2.38. The molecule has 251 valence electrons. The van der Waals surface area contributed by atoms with Crippen LogP contribution in [-0.4, -0.2) is 28.2 Å². The SMILES string of the molecule is CCC(CC)(C(=O)/C=C(\O)C(CC)(CC)C(F)(F)F)C(F)(F)F.Cc1[c-]c(-c2nccc3cc(C(C)C)ccc23)cc(C)c1.[Ir]. The maximum absolute atomic E-state index is 13.2. The fourth-order valence-corrected chi connectivity index (χ4v) is 5.49. The van der Waals surface area contributed by atoms with E-state index in [-0.39, 0.29) is 26.2 Å². The minimum Gasteiger partial charge on any atom is -0.511 e. The zero-order valence-electron chi connectivity index (χ0n) is 26.9. The van der Waals surface area contributed by atoms with E-state index in [4.69, 9.17) is 0 Å². The third-order valence-electron chi connectivity index (χ3n) is 8.59. The van der Waals surface area contributed by atoms with Crippen LogP contribution in [0.15, 0.2) is 54.4 Å². The van der Waals surface area contributed by atoms with Crippen LogP contribution in [0, 0.1) is 30.7 Å². The first-order chi connectivity index (χ1) is 20.3. The third kappa shape index (κ3) is 8.56. The molecule has 3 aromatic rings. The van der Waals surface area contributed by atoms with Crippen molar-refractivity contribution in [3.63, 3.8) is 0 Å². The van der Waals surface area contributed by atoms with Crippen LogP contribution in [-0.2, 0) is 24.9 Å². The van der Waals surface area contributed by atoms with Crippen LogP contribution >= 0.6 is 0 Å². The molecule has 0 fully saturated rings. The van der Waals surface area contributed by atoms with Crippen molar-refractivity contribution in [2.75, 3.05) is 0 Å². The Hall–Kier alpha value is -2.71. The van der Waals surface area contributed by atoms with Gasteiger partial charge in [0.05, 0.1) is 0 Å². The Balaban J connectivity index is 0.000000441. The van der Waals surface area contributed by atoms with Gasteiger partial charge in [-0.15, -0.1) is 34.9 Å². The van der Waals surface area contributed by atoms with Gasteiger partial charge in [-0.2, -0.15) is 26.3 Å². The summed E-state index contributed by atoms with van der Waals surface area (Å²) in [6.07, 6.45) is -10.2. The molecule has 0 aliphatic heterocycles. The summed E-state index contributed by atoms with van der Waals surface area (Å²) < 4.78 is 79.4. The first kappa shape index (κ1) is 40.3. The molecule has 1 heterocycles. The predicted octanol–water partition coefficient (Wildman–Crippen LogP) is 11.2. The number of fused-ring (bicyclic) bond motifs is 1. The molecule has 1 radical (unpaired) electrons. The van der Waals surface area contributed by atoms with Crippen LogP contribution in [0.2, 0.25) is 0 Å². The van der Waals surface area contributed by atoms with Crippen LogP contribution in [0.3, 0.4) is 0 Å². The quantitative estimate of drug-likeness (QED) is 0.101. The molecule has 3 rings (SSSR count). The first-order valence-corrected chi connectivity index (χ1v) is 14.8. The van der Waals surface area contributed by atoms with E-state index in [0.717, 1.165) is 44.5 Å². The summed E-state index contributed by atoms with van der Waals surface area (Å²) in [7, 11) is 0. The second kappa shape index (κ2) is 15.7. The number of aliphatic hydroxyl groups is 1. The van der Waals surface area contributed by atoms with Crippen molar-refractivity contribution in [3.8, 4) is 11.3 Å². The van der Waals surface area contributed by atoms with Gasteiger partial charge in [0, 0.05) is 32.4 Å². The maximum atomic E-state index is 13.2. The first-order valence-electron chi connectivity index (χ1n) is 14.8. The average Bonchev–Trinajstić information content (AvgIpc) is 2.92. The monoisotopic (exact) mass is 815 g/mol. The van der Waals surface area contributed by atoms with E-state index in [0.29, 0.717) is 5.92 Å². The van der Waals surface area contributed by atoms with Gasteiger partial charge in [-0.05, 0) is 59.7 Å². The van der Waals surface area contributed by atoms with E-state index in [1.807, 2.05) is 6.20 Å². The Morgan fingerprint density at radius 1 is 0.867 bits per heavy atom. The van der Waals surface area contributed by atoms with Gasteiger partial charge in [0.25, 0.3) is 0 Å². The number of carbonyl (C=O) groups excluding carboxylic acids is 1. The van der Waals surface area contributed by atoms with Crippen molar-refractivity contribution in [2.45, 2.75) is 99.3 Å². The van der Waals surface area contributed by atoms with E-state index < -0.39 is 60.4 Å². The number of aromatic nitrogens is 1. The van der Waals surface area contributed by atoms with Crippen molar-refractivity contribution in [2.24, 2.45) is 10.8 Å². The number of pyridine rings is 1. The van der Waals surface area contributed by atoms with Crippen molar-refractivity contribution in [1.82, 2.24) is 4.98 Å². The van der Waals surface area contributed by atoms with Crippen LogP contribution in [0.4, 0.5) is 26.3 Å². The summed E-state index contributed by atoms with van der Waals surface area (Å²) in [4.78, 5) is 16.7. The van der Waals surface area contributed by atoms with Gasteiger partial charge in [-0.25, -0.2) is 0 Å². The van der Waals surface area contributed by atoms with E-state index in [9.17, 15) is 36.2 Å². The van der Waals surface area contributed by atoms with Crippen LogP contribution in [0.25, 0.3) is 22.0 Å². The molecule has 0 amide bonds. The number of hydrogen-bond donors (Lipinski definition) is 1. The number of halogens is 6. The smallest absolute Gasteiger partial charge is 0.401 e. The molecular formula is C35H42F6IrNO2-. The zero-order chi connectivity index (χ0) is 33.7. The van der Waals surface area contributed by atoms with Crippen molar-refractivity contribution in [3.05, 3.63) is 77.2 Å². The number of alkyl halides is 6. The summed E-state index contributed by atoms with van der Waals surface area (Å²) >= 11 is 0. The minimum atomic E-state index is -4.91. The van der Waals surface area contributed by atoms with Gasteiger partial charge >= 0.3 is 12.4 Å². The Morgan fingerprint density at radius 2 is 1.40 bits per heavy atom. The number of benzene rings is 2. The second-order valence-electron chi connectivity index (χ2n) is 11.5. The topological polar surface area (TPSA) is 50.2 Å². The summed E-state index contributed by atoms with van der Waals surface area (Å²) in [5, 5.41) is 12.3. The minimum absolute atomic E-state index is 0. The Bertz CT molecular complexity index is 1450. The second-order valence-corrected chi connectivity index (χ2v) is 11.5. The number of hydrogen-bond acceptors (Lipinski definition) is 3. The Labute approximate surface area is 275 Å². The number of aryl methyl sites for hydroxylation is 2.